The lowest BCUT2D eigenvalue weighted by molar-refractivity contribution is -0.135. The highest BCUT2D eigenvalue weighted by molar-refractivity contribution is 6.43. The van der Waals surface area contributed by atoms with E-state index in [1.54, 1.807) is 31.2 Å². The molecular formula is C16H15NO4. The summed E-state index contributed by atoms with van der Waals surface area (Å²) in [7, 11) is 0. The zero-order chi connectivity index (χ0) is 15.1. The van der Waals surface area contributed by atoms with Gasteiger partial charge in [0.05, 0.1) is 6.61 Å². The Morgan fingerprint density at radius 2 is 1.81 bits per heavy atom. The van der Waals surface area contributed by atoms with Gasteiger partial charge in [0.1, 0.15) is 11.5 Å². The SMILES string of the molecule is CCOC(=O)/C(=N\O)c1cccc(Oc2ccccc2)c1. The van der Waals surface area contributed by atoms with Crippen molar-refractivity contribution < 1.29 is 19.5 Å². The maximum absolute atomic E-state index is 11.7. The van der Waals surface area contributed by atoms with Gasteiger partial charge in [0.25, 0.3) is 0 Å². The van der Waals surface area contributed by atoms with E-state index < -0.39 is 5.97 Å². The standard InChI is InChI=1S/C16H15NO4/c1-2-20-16(18)15(17-19)12-7-6-10-14(11-12)21-13-8-4-3-5-9-13/h3-11,19H,2H2,1H3/b17-15-. The summed E-state index contributed by atoms with van der Waals surface area (Å²) in [5.74, 6) is 0.522. The lowest BCUT2D eigenvalue weighted by Gasteiger charge is -2.08. The molecule has 0 radical (unpaired) electrons. The highest BCUT2D eigenvalue weighted by atomic mass is 16.5. The fourth-order valence-corrected chi connectivity index (χ4v) is 1.75. The summed E-state index contributed by atoms with van der Waals surface area (Å²) in [6, 6.07) is 16.0. The zero-order valence-corrected chi connectivity index (χ0v) is 11.5. The van der Waals surface area contributed by atoms with Crippen molar-refractivity contribution in [3.8, 4) is 11.5 Å². The maximum Gasteiger partial charge on any atom is 0.361 e. The third-order valence-electron chi connectivity index (χ3n) is 2.66. The average molecular weight is 285 g/mol. The van der Waals surface area contributed by atoms with E-state index in [4.69, 9.17) is 14.7 Å². The quantitative estimate of drug-likeness (QED) is 0.396. The van der Waals surface area contributed by atoms with Crippen LogP contribution < -0.4 is 4.74 Å². The van der Waals surface area contributed by atoms with Crippen molar-refractivity contribution >= 4 is 11.7 Å². The Morgan fingerprint density at radius 1 is 1.10 bits per heavy atom. The molecular weight excluding hydrogens is 270 g/mol. The summed E-state index contributed by atoms with van der Waals surface area (Å²) in [6.07, 6.45) is 0. The minimum absolute atomic E-state index is 0.157. The molecule has 0 bridgehead atoms. The van der Waals surface area contributed by atoms with Crippen molar-refractivity contribution in [1.29, 1.82) is 0 Å². The number of carbonyl (C=O) groups excluding carboxylic acids is 1. The fourth-order valence-electron chi connectivity index (χ4n) is 1.75. The summed E-state index contributed by atoms with van der Waals surface area (Å²) in [5.41, 5.74) is 0.264. The van der Waals surface area contributed by atoms with Crippen LogP contribution in [0.1, 0.15) is 12.5 Å². The number of esters is 1. The first-order chi connectivity index (χ1) is 10.2. The van der Waals surface area contributed by atoms with Gasteiger partial charge in [-0.05, 0) is 31.2 Å². The second-order valence-electron chi connectivity index (χ2n) is 4.11. The first-order valence-corrected chi connectivity index (χ1v) is 6.47. The zero-order valence-electron chi connectivity index (χ0n) is 11.5. The van der Waals surface area contributed by atoms with Crippen LogP contribution in [0.15, 0.2) is 59.8 Å². The summed E-state index contributed by atoms with van der Waals surface area (Å²) < 4.78 is 10.5. The average Bonchev–Trinajstić information content (AvgIpc) is 2.50. The number of nitrogens with zero attached hydrogens (tertiary/aromatic N) is 1. The van der Waals surface area contributed by atoms with Gasteiger partial charge in [0.2, 0.25) is 0 Å². The van der Waals surface area contributed by atoms with Crippen LogP contribution in [0.2, 0.25) is 0 Å². The molecule has 0 atom stereocenters. The van der Waals surface area contributed by atoms with Crippen molar-refractivity contribution in [2.75, 3.05) is 6.61 Å². The Kier molecular flexibility index (Phi) is 4.93. The van der Waals surface area contributed by atoms with E-state index in [-0.39, 0.29) is 12.3 Å². The molecule has 0 aliphatic heterocycles. The molecule has 2 rings (SSSR count). The molecule has 108 valence electrons. The monoisotopic (exact) mass is 285 g/mol. The van der Waals surface area contributed by atoms with E-state index in [1.807, 2.05) is 30.3 Å². The summed E-state index contributed by atoms with van der Waals surface area (Å²) >= 11 is 0. The molecule has 0 unspecified atom stereocenters. The molecule has 21 heavy (non-hydrogen) atoms. The number of carbonyl (C=O) groups is 1. The predicted molar refractivity (Wildman–Crippen MR) is 77.9 cm³/mol. The maximum atomic E-state index is 11.7. The third kappa shape index (κ3) is 3.82. The van der Waals surface area contributed by atoms with Gasteiger partial charge in [-0.2, -0.15) is 0 Å². The lowest BCUT2D eigenvalue weighted by Crippen LogP contribution is -2.18. The van der Waals surface area contributed by atoms with Gasteiger partial charge in [0, 0.05) is 5.56 Å². The molecule has 1 N–H and O–H groups in total. The first-order valence-electron chi connectivity index (χ1n) is 6.47. The van der Waals surface area contributed by atoms with Gasteiger partial charge >= 0.3 is 5.97 Å². The minimum Gasteiger partial charge on any atom is -0.461 e. The Bertz CT molecular complexity index is 638. The lowest BCUT2D eigenvalue weighted by atomic mass is 10.1. The Balaban J connectivity index is 2.23. The van der Waals surface area contributed by atoms with Gasteiger partial charge < -0.3 is 14.7 Å². The van der Waals surface area contributed by atoms with Crippen LogP contribution >= 0.6 is 0 Å². The molecule has 0 amide bonds. The number of hydrogen-bond donors (Lipinski definition) is 1. The van der Waals surface area contributed by atoms with Crippen molar-refractivity contribution in [1.82, 2.24) is 0 Å². The largest absolute Gasteiger partial charge is 0.461 e. The topological polar surface area (TPSA) is 68.1 Å². The fraction of sp³-hybridized carbons (Fsp3) is 0.125. The number of rotatable bonds is 5. The summed E-state index contributed by atoms with van der Waals surface area (Å²) in [6.45, 7) is 1.89. The molecule has 0 aromatic heterocycles. The van der Waals surface area contributed by atoms with E-state index in [0.717, 1.165) is 0 Å². The van der Waals surface area contributed by atoms with Crippen LogP contribution in [0, 0.1) is 0 Å². The Labute approximate surface area is 122 Å². The number of ether oxygens (including phenoxy) is 2. The van der Waals surface area contributed by atoms with Crippen LogP contribution in [0.4, 0.5) is 0 Å². The molecule has 0 saturated carbocycles. The van der Waals surface area contributed by atoms with Crippen molar-refractivity contribution in [3.05, 3.63) is 60.2 Å². The molecule has 0 spiro atoms. The van der Waals surface area contributed by atoms with Gasteiger partial charge in [-0.25, -0.2) is 4.79 Å². The molecule has 2 aromatic rings. The molecule has 0 aliphatic rings. The smallest absolute Gasteiger partial charge is 0.361 e. The highest BCUT2D eigenvalue weighted by Gasteiger charge is 2.16. The van der Waals surface area contributed by atoms with E-state index in [2.05, 4.69) is 5.16 Å². The van der Waals surface area contributed by atoms with Crippen molar-refractivity contribution in [3.63, 3.8) is 0 Å². The second kappa shape index (κ2) is 7.09. The van der Waals surface area contributed by atoms with Crippen molar-refractivity contribution in [2.45, 2.75) is 6.92 Å². The molecule has 0 saturated heterocycles. The van der Waals surface area contributed by atoms with Gasteiger partial charge in [-0.15, -0.1) is 0 Å². The van der Waals surface area contributed by atoms with Crippen molar-refractivity contribution in [2.24, 2.45) is 5.16 Å². The van der Waals surface area contributed by atoms with Gasteiger partial charge in [-0.1, -0.05) is 35.5 Å². The van der Waals surface area contributed by atoms with E-state index in [0.29, 0.717) is 17.1 Å². The molecule has 0 fully saturated rings. The number of hydrogen-bond acceptors (Lipinski definition) is 5. The number of benzene rings is 2. The summed E-state index contributed by atoms with van der Waals surface area (Å²) in [5, 5.41) is 12.0. The van der Waals surface area contributed by atoms with E-state index >= 15 is 0 Å². The van der Waals surface area contributed by atoms with E-state index in [1.165, 1.54) is 0 Å². The minimum atomic E-state index is -0.683. The van der Waals surface area contributed by atoms with Crippen LogP contribution in [0.5, 0.6) is 11.5 Å². The molecule has 5 heteroatoms. The highest BCUT2D eigenvalue weighted by Crippen LogP contribution is 2.22. The summed E-state index contributed by atoms with van der Waals surface area (Å²) in [4.78, 5) is 11.7. The van der Waals surface area contributed by atoms with Crippen LogP contribution in [0.25, 0.3) is 0 Å². The third-order valence-corrected chi connectivity index (χ3v) is 2.66. The first kappa shape index (κ1) is 14.6. The molecule has 5 nitrogen and oxygen atoms in total. The van der Waals surface area contributed by atoms with Crippen LogP contribution in [-0.2, 0) is 9.53 Å². The van der Waals surface area contributed by atoms with E-state index in [9.17, 15) is 4.79 Å². The molecule has 0 aliphatic carbocycles. The van der Waals surface area contributed by atoms with Gasteiger partial charge in [0.15, 0.2) is 5.71 Å². The predicted octanol–water partition coefficient (Wildman–Crippen LogP) is 3.22. The number of oxime groups is 1. The molecule has 0 heterocycles. The second-order valence-corrected chi connectivity index (χ2v) is 4.11. The van der Waals surface area contributed by atoms with Crippen LogP contribution in [0.3, 0.4) is 0 Å². The normalized spacial score (nSPS) is 11.0. The molecule has 2 aromatic carbocycles. The Morgan fingerprint density at radius 3 is 2.48 bits per heavy atom. The Hall–Kier alpha value is -2.82. The van der Waals surface area contributed by atoms with Gasteiger partial charge in [-0.3, -0.25) is 0 Å². The number of para-hydroxylation sites is 1. The van der Waals surface area contributed by atoms with Crippen LogP contribution in [-0.4, -0.2) is 23.5 Å².